The zero-order valence-electron chi connectivity index (χ0n) is 8.66. The molecule has 0 unspecified atom stereocenters. The van der Waals surface area contributed by atoms with Crippen LogP contribution < -0.4 is 0 Å². The van der Waals surface area contributed by atoms with Gasteiger partial charge < -0.3 is 10.1 Å². The zero-order chi connectivity index (χ0) is 11.7. The number of nitrogens with one attached hydrogen (secondary N) is 1. The molecule has 3 aromatic rings. The highest BCUT2D eigenvalue weighted by Crippen LogP contribution is 2.31. The summed E-state index contributed by atoms with van der Waals surface area (Å²) in [6.45, 7) is 0. The van der Waals surface area contributed by atoms with Gasteiger partial charge in [-0.15, -0.1) is 0 Å². The molecule has 0 saturated carbocycles. The fourth-order valence-corrected chi connectivity index (χ4v) is 2.38. The highest BCUT2D eigenvalue weighted by atomic mass is 32.2. The lowest BCUT2D eigenvalue weighted by Gasteiger charge is -2.01. The molecule has 2 N–H and O–H groups in total. The molecular weight excluding hydrogens is 236 g/mol. The van der Waals surface area contributed by atoms with Gasteiger partial charge in [-0.3, -0.25) is 0 Å². The summed E-state index contributed by atoms with van der Waals surface area (Å²) < 4.78 is 0. The Balaban J connectivity index is 2.02. The minimum atomic E-state index is 0.241. The van der Waals surface area contributed by atoms with Crippen molar-refractivity contribution in [1.29, 1.82) is 0 Å². The van der Waals surface area contributed by atoms with E-state index in [0.29, 0.717) is 5.65 Å². The van der Waals surface area contributed by atoms with Crippen molar-refractivity contribution in [2.45, 2.75) is 9.92 Å². The number of phenols is 1. The number of nitrogens with zero attached hydrogens (tertiary/aromatic N) is 3. The van der Waals surface area contributed by atoms with Crippen molar-refractivity contribution < 1.29 is 5.11 Å². The molecule has 0 amide bonds. The van der Waals surface area contributed by atoms with E-state index in [0.717, 1.165) is 15.4 Å². The number of hydrogen-bond acceptors (Lipinski definition) is 5. The highest BCUT2D eigenvalue weighted by molar-refractivity contribution is 7.99. The van der Waals surface area contributed by atoms with Crippen molar-refractivity contribution in [2.75, 3.05) is 0 Å². The molecule has 0 radical (unpaired) electrons. The number of H-pyrrole nitrogens is 1. The average molecular weight is 244 g/mol. The second kappa shape index (κ2) is 4.06. The second-order valence-corrected chi connectivity index (χ2v) is 4.44. The predicted molar refractivity (Wildman–Crippen MR) is 63.9 cm³/mol. The number of aromatic hydroxyl groups is 1. The molecule has 0 atom stereocenters. The Morgan fingerprint density at radius 3 is 3.00 bits per heavy atom. The average Bonchev–Trinajstić information content (AvgIpc) is 2.78. The van der Waals surface area contributed by atoms with Crippen LogP contribution in [0.25, 0.3) is 11.2 Å². The quantitative estimate of drug-likeness (QED) is 0.676. The van der Waals surface area contributed by atoms with Crippen molar-refractivity contribution in [3.05, 3.63) is 36.9 Å². The molecular formula is C11H8N4OS. The Morgan fingerprint density at radius 2 is 2.12 bits per heavy atom. The Hall–Kier alpha value is -2.08. The van der Waals surface area contributed by atoms with E-state index in [1.54, 1.807) is 24.5 Å². The number of phenolic OH excluding ortho intramolecular Hbond substituents is 1. The van der Waals surface area contributed by atoms with Crippen molar-refractivity contribution in [2.24, 2.45) is 0 Å². The van der Waals surface area contributed by atoms with Gasteiger partial charge in [0.1, 0.15) is 22.6 Å². The van der Waals surface area contributed by atoms with E-state index in [4.69, 9.17) is 0 Å². The largest absolute Gasteiger partial charge is 0.508 e. The monoisotopic (exact) mass is 244 g/mol. The van der Waals surface area contributed by atoms with Gasteiger partial charge in [0.05, 0.1) is 6.33 Å². The summed E-state index contributed by atoms with van der Waals surface area (Å²) in [5.74, 6) is 0.241. The van der Waals surface area contributed by atoms with Gasteiger partial charge >= 0.3 is 0 Å². The molecule has 2 heterocycles. The summed E-state index contributed by atoms with van der Waals surface area (Å²) in [4.78, 5) is 16.2. The summed E-state index contributed by atoms with van der Waals surface area (Å²) in [6, 6.07) is 7.03. The Kier molecular flexibility index (Phi) is 2.41. The number of aromatic nitrogens is 4. The molecule has 0 spiro atoms. The van der Waals surface area contributed by atoms with Crippen molar-refractivity contribution in [1.82, 2.24) is 19.9 Å². The second-order valence-electron chi connectivity index (χ2n) is 3.38. The SMILES string of the molecule is Oc1cccc(Sc2ncnc3nc[nH]c23)c1. The number of aromatic amines is 1. The van der Waals surface area contributed by atoms with Crippen LogP contribution in [0.15, 0.2) is 46.8 Å². The van der Waals surface area contributed by atoms with Crippen LogP contribution in [-0.4, -0.2) is 25.0 Å². The third kappa shape index (κ3) is 1.94. The molecule has 0 fully saturated rings. The molecule has 3 rings (SSSR count). The van der Waals surface area contributed by atoms with Crippen molar-refractivity contribution in [3.63, 3.8) is 0 Å². The predicted octanol–water partition coefficient (Wildman–Crippen LogP) is 2.21. The number of hydrogen-bond donors (Lipinski definition) is 2. The van der Waals surface area contributed by atoms with Crippen LogP contribution in [0.2, 0.25) is 0 Å². The first-order valence-corrected chi connectivity index (χ1v) is 5.75. The van der Waals surface area contributed by atoms with Gasteiger partial charge in [0.2, 0.25) is 0 Å². The van der Waals surface area contributed by atoms with Gasteiger partial charge in [-0.1, -0.05) is 17.8 Å². The first-order chi connectivity index (χ1) is 8.33. The summed E-state index contributed by atoms with van der Waals surface area (Å²) in [5.41, 5.74) is 1.45. The van der Waals surface area contributed by atoms with Crippen LogP contribution in [0.5, 0.6) is 5.75 Å². The fraction of sp³-hybridized carbons (Fsp3) is 0. The van der Waals surface area contributed by atoms with E-state index in [2.05, 4.69) is 19.9 Å². The molecule has 0 aliphatic carbocycles. The van der Waals surface area contributed by atoms with E-state index in [9.17, 15) is 5.11 Å². The first kappa shape index (κ1) is 10.1. The summed E-state index contributed by atoms with van der Waals surface area (Å²) in [6.07, 6.45) is 3.07. The molecule has 5 nitrogen and oxygen atoms in total. The van der Waals surface area contributed by atoms with Crippen molar-refractivity contribution in [3.8, 4) is 5.75 Å². The lowest BCUT2D eigenvalue weighted by Crippen LogP contribution is -1.85. The van der Waals surface area contributed by atoms with E-state index < -0.39 is 0 Å². The van der Waals surface area contributed by atoms with Gasteiger partial charge in [0.15, 0.2) is 5.65 Å². The van der Waals surface area contributed by atoms with Crippen LogP contribution in [0.1, 0.15) is 0 Å². The number of imidazole rings is 1. The number of benzene rings is 1. The number of fused-ring (bicyclic) bond motifs is 1. The summed E-state index contributed by atoms with van der Waals surface area (Å²) >= 11 is 1.45. The maximum atomic E-state index is 9.40. The normalized spacial score (nSPS) is 10.8. The van der Waals surface area contributed by atoms with E-state index in [-0.39, 0.29) is 5.75 Å². The molecule has 0 saturated heterocycles. The van der Waals surface area contributed by atoms with Gasteiger partial charge in [-0.25, -0.2) is 15.0 Å². The molecule has 0 bridgehead atoms. The molecule has 0 aliphatic heterocycles. The van der Waals surface area contributed by atoms with Gasteiger partial charge in [-0.2, -0.15) is 0 Å². The Labute approximate surface area is 101 Å². The molecule has 6 heteroatoms. The Morgan fingerprint density at radius 1 is 1.18 bits per heavy atom. The smallest absolute Gasteiger partial charge is 0.181 e. The fourth-order valence-electron chi connectivity index (χ4n) is 1.48. The first-order valence-electron chi connectivity index (χ1n) is 4.94. The van der Waals surface area contributed by atoms with Crippen LogP contribution in [0.3, 0.4) is 0 Å². The van der Waals surface area contributed by atoms with Gasteiger partial charge in [0, 0.05) is 4.90 Å². The lowest BCUT2D eigenvalue weighted by molar-refractivity contribution is 0.474. The summed E-state index contributed by atoms with van der Waals surface area (Å²) in [7, 11) is 0. The van der Waals surface area contributed by atoms with E-state index >= 15 is 0 Å². The molecule has 2 aromatic heterocycles. The van der Waals surface area contributed by atoms with Gasteiger partial charge in [-0.05, 0) is 18.2 Å². The maximum absolute atomic E-state index is 9.40. The third-order valence-electron chi connectivity index (χ3n) is 2.22. The van der Waals surface area contributed by atoms with Crippen LogP contribution >= 0.6 is 11.8 Å². The topological polar surface area (TPSA) is 74.7 Å². The van der Waals surface area contributed by atoms with Crippen LogP contribution in [0, 0.1) is 0 Å². The molecule has 0 aliphatic rings. The summed E-state index contributed by atoms with van der Waals surface area (Å²) in [5, 5.41) is 10.2. The number of rotatable bonds is 2. The van der Waals surface area contributed by atoms with Crippen LogP contribution in [0.4, 0.5) is 0 Å². The lowest BCUT2D eigenvalue weighted by atomic mass is 10.3. The van der Waals surface area contributed by atoms with E-state index in [1.807, 2.05) is 6.07 Å². The minimum Gasteiger partial charge on any atom is -0.508 e. The standard InChI is InChI=1S/C11H8N4OS/c16-7-2-1-3-8(4-7)17-11-9-10(13-5-12-9)14-6-15-11/h1-6,16H,(H,12,13,14,15). The van der Waals surface area contributed by atoms with Crippen molar-refractivity contribution >= 4 is 22.9 Å². The third-order valence-corrected chi connectivity index (χ3v) is 3.21. The Bertz CT molecular complexity index is 667. The zero-order valence-corrected chi connectivity index (χ0v) is 9.48. The van der Waals surface area contributed by atoms with Crippen LogP contribution in [-0.2, 0) is 0 Å². The molecule has 84 valence electrons. The molecule has 1 aromatic carbocycles. The minimum absolute atomic E-state index is 0.241. The van der Waals surface area contributed by atoms with Gasteiger partial charge in [0.25, 0.3) is 0 Å². The highest BCUT2D eigenvalue weighted by Gasteiger charge is 2.07. The molecule has 17 heavy (non-hydrogen) atoms. The van der Waals surface area contributed by atoms with E-state index in [1.165, 1.54) is 18.1 Å². The maximum Gasteiger partial charge on any atom is 0.181 e.